The number of nitrogen functional groups attached to an aromatic ring is 1. The van der Waals surface area contributed by atoms with Crippen molar-refractivity contribution in [2.24, 2.45) is 5.41 Å². The van der Waals surface area contributed by atoms with Crippen LogP contribution < -0.4 is 5.73 Å². The van der Waals surface area contributed by atoms with Crippen molar-refractivity contribution in [3.63, 3.8) is 0 Å². The van der Waals surface area contributed by atoms with Crippen molar-refractivity contribution in [2.45, 2.75) is 65.4 Å². The van der Waals surface area contributed by atoms with Crippen LogP contribution in [0.25, 0.3) is 0 Å². The average Bonchev–Trinajstić information content (AvgIpc) is 2.87. The zero-order valence-corrected chi connectivity index (χ0v) is 13.1. The smallest absolute Gasteiger partial charge is 0.160 e. The van der Waals surface area contributed by atoms with Gasteiger partial charge in [-0.1, -0.05) is 33.6 Å². The van der Waals surface area contributed by atoms with E-state index in [2.05, 4.69) is 25.8 Å². The molecule has 4 heteroatoms. The van der Waals surface area contributed by atoms with E-state index < -0.39 is 0 Å². The number of rotatable bonds is 4. The zero-order chi connectivity index (χ0) is 14.8. The van der Waals surface area contributed by atoms with Crippen molar-refractivity contribution < 1.29 is 4.74 Å². The molecule has 0 saturated heterocycles. The van der Waals surface area contributed by atoms with Crippen LogP contribution in [0, 0.1) is 5.41 Å². The first-order chi connectivity index (χ1) is 9.41. The van der Waals surface area contributed by atoms with Crippen LogP contribution in [0.3, 0.4) is 0 Å². The SMILES string of the molecule is CCOC(c1nc(N)cc(C2CCCC2)n1)C(C)(C)C. The van der Waals surface area contributed by atoms with Gasteiger partial charge in [0.25, 0.3) is 0 Å². The van der Waals surface area contributed by atoms with E-state index in [-0.39, 0.29) is 11.5 Å². The van der Waals surface area contributed by atoms with E-state index in [1.54, 1.807) is 0 Å². The first-order valence-electron chi connectivity index (χ1n) is 7.67. The molecule has 20 heavy (non-hydrogen) atoms. The molecule has 1 saturated carbocycles. The predicted octanol–water partition coefficient (Wildman–Crippen LogP) is 3.84. The first kappa shape index (κ1) is 15.2. The van der Waals surface area contributed by atoms with E-state index >= 15 is 0 Å². The number of nitrogens with zero attached hydrogens (tertiary/aromatic N) is 2. The Labute approximate surface area is 122 Å². The van der Waals surface area contributed by atoms with E-state index in [0.717, 1.165) is 11.5 Å². The molecule has 1 unspecified atom stereocenters. The standard InChI is InChI=1S/C16H27N3O/c1-5-20-14(16(2,3)4)15-18-12(10-13(17)19-15)11-8-6-7-9-11/h10-11,14H,5-9H2,1-4H3,(H2,17,18,19). The maximum Gasteiger partial charge on any atom is 0.160 e. The van der Waals surface area contributed by atoms with Crippen LogP contribution in [0.2, 0.25) is 0 Å². The lowest BCUT2D eigenvalue weighted by Crippen LogP contribution is -2.24. The molecule has 0 aromatic carbocycles. The highest BCUT2D eigenvalue weighted by atomic mass is 16.5. The quantitative estimate of drug-likeness (QED) is 0.908. The fourth-order valence-electron chi connectivity index (χ4n) is 2.93. The van der Waals surface area contributed by atoms with Crippen LogP contribution in [-0.2, 0) is 4.74 Å². The van der Waals surface area contributed by atoms with E-state index in [1.165, 1.54) is 25.7 Å². The predicted molar refractivity (Wildman–Crippen MR) is 81.5 cm³/mol. The summed E-state index contributed by atoms with van der Waals surface area (Å²) in [5.41, 5.74) is 7.05. The Morgan fingerprint density at radius 1 is 1.30 bits per heavy atom. The number of anilines is 1. The fraction of sp³-hybridized carbons (Fsp3) is 0.750. The van der Waals surface area contributed by atoms with Gasteiger partial charge in [-0.3, -0.25) is 0 Å². The highest BCUT2D eigenvalue weighted by Crippen LogP contribution is 2.37. The monoisotopic (exact) mass is 277 g/mol. The molecule has 1 fully saturated rings. The Morgan fingerprint density at radius 3 is 2.50 bits per heavy atom. The lowest BCUT2D eigenvalue weighted by molar-refractivity contribution is -0.0191. The van der Waals surface area contributed by atoms with Crippen LogP contribution in [0.15, 0.2) is 6.07 Å². The van der Waals surface area contributed by atoms with E-state index in [0.29, 0.717) is 18.3 Å². The second kappa shape index (κ2) is 6.08. The Hall–Kier alpha value is -1.16. The molecular formula is C16H27N3O. The summed E-state index contributed by atoms with van der Waals surface area (Å²) < 4.78 is 5.88. The third-order valence-corrected chi connectivity index (χ3v) is 3.91. The van der Waals surface area contributed by atoms with Crippen LogP contribution >= 0.6 is 0 Å². The summed E-state index contributed by atoms with van der Waals surface area (Å²) in [4.78, 5) is 9.22. The minimum atomic E-state index is -0.115. The molecule has 1 aliphatic carbocycles. The Morgan fingerprint density at radius 2 is 1.95 bits per heavy atom. The van der Waals surface area contributed by atoms with Crippen LogP contribution in [0.5, 0.6) is 0 Å². The van der Waals surface area contributed by atoms with Gasteiger partial charge < -0.3 is 10.5 Å². The largest absolute Gasteiger partial charge is 0.384 e. The number of hydrogen-bond donors (Lipinski definition) is 1. The van der Waals surface area contributed by atoms with Gasteiger partial charge in [0.05, 0.1) is 0 Å². The second-order valence-electron chi connectivity index (χ2n) is 6.76. The Kier molecular flexibility index (Phi) is 4.63. The minimum absolute atomic E-state index is 0.0449. The first-order valence-corrected chi connectivity index (χ1v) is 7.67. The third kappa shape index (κ3) is 3.48. The van der Waals surface area contributed by atoms with Gasteiger partial charge in [0, 0.05) is 24.3 Å². The van der Waals surface area contributed by atoms with Gasteiger partial charge in [-0.2, -0.15) is 0 Å². The minimum Gasteiger partial charge on any atom is -0.384 e. The van der Waals surface area contributed by atoms with Gasteiger partial charge in [0.15, 0.2) is 5.82 Å². The van der Waals surface area contributed by atoms with Gasteiger partial charge in [-0.05, 0) is 25.2 Å². The highest BCUT2D eigenvalue weighted by Gasteiger charge is 2.30. The summed E-state index contributed by atoms with van der Waals surface area (Å²) in [5.74, 6) is 1.84. The summed E-state index contributed by atoms with van der Waals surface area (Å²) >= 11 is 0. The van der Waals surface area contributed by atoms with Crippen molar-refractivity contribution in [2.75, 3.05) is 12.3 Å². The normalized spacial score (nSPS) is 18.4. The third-order valence-electron chi connectivity index (χ3n) is 3.91. The van der Waals surface area contributed by atoms with Crippen molar-refractivity contribution in [3.05, 3.63) is 17.6 Å². The molecule has 1 atom stereocenters. The van der Waals surface area contributed by atoms with Gasteiger partial charge in [-0.15, -0.1) is 0 Å². The Bertz CT molecular complexity index is 448. The molecule has 0 amide bonds. The molecule has 112 valence electrons. The molecule has 2 N–H and O–H groups in total. The van der Waals surface area contributed by atoms with Gasteiger partial charge in [0.2, 0.25) is 0 Å². The van der Waals surface area contributed by atoms with Crippen molar-refractivity contribution >= 4 is 5.82 Å². The van der Waals surface area contributed by atoms with Crippen LogP contribution in [-0.4, -0.2) is 16.6 Å². The van der Waals surface area contributed by atoms with Gasteiger partial charge >= 0.3 is 0 Å². The molecule has 0 spiro atoms. The molecule has 0 bridgehead atoms. The van der Waals surface area contributed by atoms with Gasteiger partial charge in [0.1, 0.15) is 11.9 Å². The molecule has 4 nitrogen and oxygen atoms in total. The highest BCUT2D eigenvalue weighted by molar-refractivity contribution is 5.32. The Balaban J connectivity index is 2.34. The summed E-state index contributed by atoms with van der Waals surface area (Å²) in [5, 5.41) is 0. The summed E-state index contributed by atoms with van der Waals surface area (Å²) in [7, 11) is 0. The van der Waals surface area contributed by atoms with Crippen molar-refractivity contribution in [3.8, 4) is 0 Å². The molecule has 0 radical (unpaired) electrons. The average molecular weight is 277 g/mol. The molecular weight excluding hydrogens is 250 g/mol. The zero-order valence-electron chi connectivity index (χ0n) is 13.1. The lowest BCUT2D eigenvalue weighted by atomic mass is 9.88. The molecule has 1 aliphatic rings. The molecule has 2 rings (SSSR count). The maximum absolute atomic E-state index is 6.00. The number of nitrogens with two attached hydrogens (primary N) is 1. The summed E-state index contributed by atoms with van der Waals surface area (Å²) in [6.07, 6.45) is 4.89. The van der Waals surface area contributed by atoms with Crippen molar-refractivity contribution in [1.82, 2.24) is 9.97 Å². The summed E-state index contributed by atoms with van der Waals surface area (Å²) in [6.45, 7) is 9.10. The van der Waals surface area contributed by atoms with Crippen molar-refractivity contribution in [1.29, 1.82) is 0 Å². The molecule has 1 heterocycles. The maximum atomic E-state index is 6.00. The fourth-order valence-corrected chi connectivity index (χ4v) is 2.93. The molecule has 1 aromatic rings. The van der Waals surface area contributed by atoms with Gasteiger partial charge in [-0.25, -0.2) is 9.97 Å². The second-order valence-corrected chi connectivity index (χ2v) is 6.76. The topological polar surface area (TPSA) is 61.0 Å². The van der Waals surface area contributed by atoms with Crippen LogP contribution in [0.4, 0.5) is 5.82 Å². The molecule has 1 aromatic heterocycles. The molecule has 0 aliphatic heterocycles. The number of aromatic nitrogens is 2. The number of hydrogen-bond acceptors (Lipinski definition) is 4. The summed E-state index contributed by atoms with van der Waals surface area (Å²) in [6, 6.07) is 1.94. The lowest BCUT2D eigenvalue weighted by Gasteiger charge is -2.29. The van der Waals surface area contributed by atoms with Crippen LogP contribution in [0.1, 0.15) is 76.9 Å². The van der Waals surface area contributed by atoms with E-state index in [4.69, 9.17) is 15.5 Å². The number of ether oxygens (including phenoxy) is 1. The van der Waals surface area contributed by atoms with E-state index in [1.807, 2.05) is 13.0 Å². The van der Waals surface area contributed by atoms with E-state index in [9.17, 15) is 0 Å².